The third-order valence-electron chi connectivity index (χ3n) is 2.99. The zero-order chi connectivity index (χ0) is 14.5. The highest BCUT2D eigenvalue weighted by atomic mass is 16.5. The average Bonchev–Trinajstić information content (AvgIpc) is 2.94. The number of anilines is 1. The Morgan fingerprint density at radius 1 is 1.35 bits per heavy atom. The van der Waals surface area contributed by atoms with E-state index in [2.05, 4.69) is 29.0 Å². The molecule has 0 radical (unpaired) electrons. The summed E-state index contributed by atoms with van der Waals surface area (Å²) in [6, 6.07) is 7.57. The highest BCUT2D eigenvalue weighted by Crippen LogP contribution is 2.12. The lowest BCUT2D eigenvalue weighted by molar-refractivity contribution is 0.0601. The first kappa shape index (κ1) is 14.1. The molecule has 0 aliphatic rings. The molecule has 1 heterocycles. The van der Waals surface area contributed by atoms with Crippen molar-refractivity contribution in [3.63, 3.8) is 0 Å². The normalized spacial score (nSPS) is 10.6. The van der Waals surface area contributed by atoms with Crippen molar-refractivity contribution in [3.05, 3.63) is 47.8 Å². The van der Waals surface area contributed by atoms with Crippen LogP contribution in [-0.4, -0.2) is 22.9 Å². The number of carbonyl (C=O) groups excluding carboxylic acids is 1. The maximum absolute atomic E-state index is 11.3. The Bertz CT molecular complexity index is 573. The van der Waals surface area contributed by atoms with E-state index in [0.29, 0.717) is 18.2 Å². The van der Waals surface area contributed by atoms with Gasteiger partial charge in [0.15, 0.2) is 0 Å². The van der Waals surface area contributed by atoms with E-state index < -0.39 is 0 Å². The maximum Gasteiger partial charge on any atom is 0.337 e. The molecule has 0 saturated heterocycles. The van der Waals surface area contributed by atoms with Gasteiger partial charge in [-0.25, -0.2) is 4.79 Å². The summed E-state index contributed by atoms with van der Waals surface area (Å²) in [7, 11) is 1.38. The molecule has 106 valence electrons. The lowest BCUT2D eigenvalue weighted by Gasteiger charge is -2.06. The number of esters is 1. The Hall–Kier alpha value is -2.30. The molecule has 2 aromatic rings. The van der Waals surface area contributed by atoms with Gasteiger partial charge in [-0.05, 0) is 38.1 Å². The van der Waals surface area contributed by atoms with Crippen LogP contribution in [-0.2, 0) is 11.3 Å². The zero-order valence-corrected chi connectivity index (χ0v) is 12.0. The van der Waals surface area contributed by atoms with Gasteiger partial charge in [0.1, 0.15) is 0 Å². The van der Waals surface area contributed by atoms with Gasteiger partial charge < -0.3 is 10.1 Å². The molecule has 5 nitrogen and oxygen atoms in total. The summed E-state index contributed by atoms with van der Waals surface area (Å²) in [5.74, 6) is -0.324. The molecule has 1 N–H and O–H groups in total. The van der Waals surface area contributed by atoms with Gasteiger partial charge in [-0.3, -0.25) is 4.68 Å². The number of ether oxygens (including phenoxy) is 1. The first-order chi connectivity index (χ1) is 9.60. The first-order valence-corrected chi connectivity index (χ1v) is 6.55. The molecule has 20 heavy (non-hydrogen) atoms. The second-order valence-electron chi connectivity index (χ2n) is 4.84. The monoisotopic (exact) mass is 273 g/mol. The first-order valence-electron chi connectivity index (χ1n) is 6.55. The van der Waals surface area contributed by atoms with Crippen LogP contribution in [0.4, 0.5) is 5.69 Å². The molecule has 0 aliphatic heterocycles. The number of methoxy groups -OCH3 is 1. The van der Waals surface area contributed by atoms with Crippen LogP contribution in [0.3, 0.4) is 0 Å². The molecule has 0 spiro atoms. The summed E-state index contributed by atoms with van der Waals surface area (Å²) in [4.78, 5) is 11.3. The fourth-order valence-electron chi connectivity index (χ4n) is 1.80. The number of hydrogen-bond acceptors (Lipinski definition) is 4. The van der Waals surface area contributed by atoms with Crippen molar-refractivity contribution >= 4 is 11.7 Å². The van der Waals surface area contributed by atoms with Crippen molar-refractivity contribution in [2.45, 2.75) is 26.4 Å². The second kappa shape index (κ2) is 6.23. The largest absolute Gasteiger partial charge is 0.465 e. The molecule has 0 fully saturated rings. The molecular formula is C15H19N3O2. The molecule has 0 unspecified atom stereocenters. The smallest absolute Gasteiger partial charge is 0.337 e. The van der Waals surface area contributed by atoms with Gasteiger partial charge in [0, 0.05) is 30.0 Å². The number of benzene rings is 1. The fourth-order valence-corrected chi connectivity index (χ4v) is 1.80. The number of nitrogens with zero attached hydrogens (tertiary/aromatic N) is 2. The Balaban J connectivity index is 1.95. The summed E-state index contributed by atoms with van der Waals surface area (Å²) in [6.45, 7) is 4.88. The van der Waals surface area contributed by atoms with Gasteiger partial charge in [0.25, 0.3) is 0 Å². The van der Waals surface area contributed by atoms with Crippen LogP contribution in [0.2, 0.25) is 0 Å². The average molecular weight is 273 g/mol. The Labute approximate surface area is 118 Å². The number of nitrogens with one attached hydrogen (secondary N) is 1. The third-order valence-corrected chi connectivity index (χ3v) is 2.99. The topological polar surface area (TPSA) is 56.1 Å². The van der Waals surface area contributed by atoms with Crippen molar-refractivity contribution in [3.8, 4) is 0 Å². The van der Waals surface area contributed by atoms with E-state index in [9.17, 15) is 4.79 Å². The number of rotatable bonds is 5. The maximum atomic E-state index is 11.3. The van der Waals surface area contributed by atoms with Crippen molar-refractivity contribution in [1.82, 2.24) is 9.78 Å². The van der Waals surface area contributed by atoms with E-state index in [1.54, 1.807) is 12.1 Å². The number of aromatic nitrogens is 2. The van der Waals surface area contributed by atoms with Gasteiger partial charge in [0.05, 0.1) is 18.9 Å². The number of hydrogen-bond donors (Lipinski definition) is 1. The zero-order valence-electron chi connectivity index (χ0n) is 12.0. The summed E-state index contributed by atoms with van der Waals surface area (Å²) in [6.07, 6.45) is 3.89. The van der Waals surface area contributed by atoms with E-state index in [1.165, 1.54) is 7.11 Å². The molecule has 0 atom stereocenters. The Kier molecular flexibility index (Phi) is 4.40. The Morgan fingerprint density at radius 2 is 2.05 bits per heavy atom. The molecule has 0 saturated carbocycles. The summed E-state index contributed by atoms with van der Waals surface area (Å²) < 4.78 is 6.59. The molecular weight excluding hydrogens is 254 g/mol. The highest BCUT2D eigenvalue weighted by molar-refractivity contribution is 5.89. The van der Waals surface area contributed by atoms with Crippen LogP contribution >= 0.6 is 0 Å². The lowest BCUT2D eigenvalue weighted by atomic mass is 10.2. The minimum Gasteiger partial charge on any atom is -0.465 e. The fraction of sp³-hybridized carbons (Fsp3) is 0.333. The van der Waals surface area contributed by atoms with Crippen molar-refractivity contribution in [1.29, 1.82) is 0 Å². The molecule has 2 rings (SSSR count). The van der Waals surface area contributed by atoms with Crippen LogP contribution in [0.25, 0.3) is 0 Å². The van der Waals surface area contributed by atoms with Gasteiger partial charge in [-0.1, -0.05) is 0 Å². The molecule has 1 aromatic carbocycles. The highest BCUT2D eigenvalue weighted by Gasteiger charge is 2.05. The van der Waals surface area contributed by atoms with Gasteiger partial charge >= 0.3 is 5.97 Å². The predicted molar refractivity (Wildman–Crippen MR) is 77.7 cm³/mol. The second-order valence-corrected chi connectivity index (χ2v) is 4.84. The summed E-state index contributed by atoms with van der Waals surface area (Å²) in [5.41, 5.74) is 2.62. The van der Waals surface area contributed by atoms with Crippen molar-refractivity contribution in [2.75, 3.05) is 12.4 Å². The van der Waals surface area contributed by atoms with E-state index in [0.717, 1.165) is 11.3 Å². The molecule has 0 amide bonds. The standard InChI is InChI=1S/C15H19N3O2/c1-11(2)18-10-12(9-17-18)8-16-14-6-4-13(5-7-14)15(19)20-3/h4-7,9-11,16H,8H2,1-3H3. The van der Waals surface area contributed by atoms with Crippen LogP contribution in [0.1, 0.15) is 35.8 Å². The molecule has 1 aromatic heterocycles. The summed E-state index contributed by atoms with van der Waals surface area (Å²) >= 11 is 0. The van der Waals surface area contributed by atoms with Gasteiger partial charge in [-0.15, -0.1) is 0 Å². The molecule has 5 heteroatoms. The minimum absolute atomic E-state index is 0.324. The van der Waals surface area contributed by atoms with Crippen LogP contribution in [0.15, 0.2) is 36.7 Å². The molecule has 0 bridgehead atoms. The Morgan fingerprint density at radius 3 is 2.60 bits per heavy atom. The van der Waals surface area contributed by atoms with E-state index >= 15 is 0 Å². The van der Waals surface area contributed by atoms with Gasteiger partial charge in [0.2, 0.25) is 0 Å². The van der Waals surface area contributed by atoms with E-state index in [1.807, 2.05) is 29.2 Å². The van der Waals surface area contributed by atoms with E-state index in [4.69, 9.17) is 0 Å². The third kappa shape index (κ3) is 3.38. The van der Waals surface area contributed by atoms with Crippen LogP contribution in [0.5, 0.6) is 0 Å². The molecule has 0 aliphatic carbocycles. The lowest BCUT2D eigenvalue weighted by Crippen LogP contribution is -2.03. The van der Waals surface area contributed by atoms with Crippen LogP contribution < -0.4 is 5.32 Å². The van der Waals surface area contributed by atoms with Crippen molar-refractivity contribution in [2.24, 2.45) is 0 Å². The minimum atomic E-state index is -0.324. The quantitative estimate of drug-likeness (QED) is 0.851. The summed E-state index contributed by atoms with van der Waals surface area (Å²) in [5, 5.41) is 7.58. The van der Waals surface area contributed by atoms with Crippen LogP contribution in [0, 0.1) is 0 Å². The predicted octanol–water partition coefficient (Wildman–Crippen LogP) is 2.86. The van der Waals surface area contributed by atoms with Crippen molar-refractivity contribution < 1.29 is 9.53 Å². The van der Waals surface area contributed by atoms with E-state index in [-0.39, 0.29) is 5.97 Å². The number of carbonyl (C=O) groups is 1. The SMILES string of the molecule is COC(=O)c1ccc(NCc2cnn(C(C)C)c2)cc1. The van der Waals surface area contributed by atoms with Gasteiger partial charge in [-0.2, -0.15) is 5.10 Å².